The summed E-state index contributed by atoms with van der Waals surface area (Å²) in [5, 5.41) is 13.3. The van der Waals surface area contributed by atoms with E-state index in [0.717, 1.165) is 22.6 Å². The summed E-state index contributed by atoms with van der Waals surface area (Å²) in [6.07, 6.45) is 2.77. The first kappa shape index (κ1) is 13.1. The number of rotatable bonds is 3. The molecule has 106 valence electrons. The van der Waals surface area contributed by atoms with Crippen LogP contribution in [0.1, 0.15) is 15.9 Å². The standard InChI is InChI=1S/C15H13N3O3/c1-9-5-10(3-4-13(9)21-2)12-6-14-16-7-11(15(19)20)8-18(14)17-12/h3-8H,1-2H3,(H,19,20). The maximum atomic E-state index is 10.9. The van der Waals surface area contributed by atoms with Crippen molar-refractivity contribution in [2.45, 2.75) is 6.92 Å². The SMILES string of the molecule is COc1ccc(-c2cc3ncc(C(=O)O)cn3n2)cc1C. The van der Waals surface area contributed by atoms with Crippen LogP contribution in [-0.2, 0) is 0 Å². The van der Waals surface area contributed by atoms with Crippen LogP contribution in [0.2, 0.25) is 0 Å². The van der Waals surface area contributed by atoms with Crippen LogP contribution < -0.4 is 4.74 Å². The maximum absolute atomic E-state index is 10.9. The lowest BCUT2D eigenvalue weighted by molar-refractivity contribution is 0.0695. The van der Waals surface area contributed by atoms with Gasteiger partial charge in [-0.3, -0.25) is 0 Å². The second-order valence-electron chi connectivity index (χ2n) is 4.66. The molecular weight excluding hydrogens is 270 g/mol. The molecule has 3 rings (SSSR count). The number of fused-ring (bicyclic) bond motifs is 1. The molecule has 3 aromatic rings. The normalized spacial score (nSPS) is 10.8. The monoisotopic (exact) mass is 283 g/mol. The zero-order chi connectivity index (χ0) is 15.0. The van der Waals surface area contributed by atoms with Gasteiger partial charge in [0.05, 0.1) is 18.4 Å². The molecule has 1 N–H and O–H groups in total. The van der Waals surface area contributed by atoms with Crippen LogP contribution in [0.4, 0.5) is 0 Å². The Balaban J connectivity index is 2.08. The average Bonchev–Trinajstić information content (AvgIpc) is 2.89. The van der Waals surface area contributed by atoms with Crippen molar-refractivity contribution in [2.24, 2.45) is 0 Å². The van der Waals surface area contributed by atoms with Crippen LogP contribution in [0.5, 0.6) is 5.75 Å². The van der Waals surface area contributed by atoms with Gasteiger partial charge < -0.3 is 9.84 Å². The molecule has 0 radical (unpaired) electrons. The summed E-state index contributed by atoms with van der Waals surface area (Å²) < 4.78 is 6.70. The Hall–Kier alpha value is -2.89. The molecule has 0 amide bonds. The lowest BCUT2D eigenvalue weighted by Gasteiger charge is -2.05. The third kappa shape index (κ3) is 2.31. The van der Waals surface area contributed by atoms with Crippen molar-refractivity contribution in [1.82, 2.24) is 14.6 Å². The van der Waals surface area contributed by atoms with Crippen molar-refractivity contribution in [3.63, 3.8) is 0 Å². The highest BCUT2D eigenvalue weighted by molar-refractivity contribution is 5.87. The number of nitrogens with zero attached hydrogens (tertiary/aromatic N) is 3. The highest BCUT2D eigenvalue weighted by Crippen LogP contribution is 2.25. The van der Waals surface area contributed by atoms with Crippen LogP contribution in [0.3, 0.4) is 0 Å². The van der Waals surface area contributed by atoms with Crippen LogP contribution in [0.15, 0.2) is 36.7 Å². The molecule has 0 fully saturated rings. The van der Waals surface area contributed by atoms with E-state index in [2.05, 4.69) is 10.1 Å². The van der Waals surface area contributed by atoms with Gasteiger partial charge in [-0.25, -0.2) is 14.3 Å². The fraction of sp³-hybridized carbons (Fsp3) is 0.133. The quantitative estimate of drug-likeness (QED) is 0.798. The Morgan fingerprint density at radius 2 is 2.14 bits per heavy atom. The molecule has 2 aromatic heterocycles. The number of aryl methyl sites for hydroxylation is 1. The molecule has 21 heavy (non-hydrogen) atoms. The molecule has 6 heteroatoms. The minimum Gasteiger partial charge on any atom is -0.496 e. The second kappa shape index (κ2) is 4.90. The Morgan fingerprint density at radius 1 is 1.33 bits per heavy atom. The molecule has 0 saturated heterocycles. The van der Waals surface area contributed by atoms with Crippen LogP contribution in [-0.4, -0.2) is 32.8 Å². The number of carbonyl (C=O) groups is 1. The molecule has 0 saturated carbocycles. The van der Waals surface area contributed by atoms with Crippen LogP contribution >= 0.6 is 0 Å². The number of carboxylic acids is 1. The predicted molar refractivity (Wildman–Crippen MR) is 76.7 cm³/mol. The first-order valence-electron chi connectivity index (χ1n) is 6.32. The first-order valence-corrected chi connectivity index (χ1v) is 6.32. The Labute approximate surface area is 120 Å². The lowest BCUT2D eigenvalue weighted by Crippen LogP contribution is -2.01. The number of benzene rings is 1. The van der Waals surface area contributed by atoms with Gasteiger partial charge in [-0.1, -0.05) is 0 Å². The summed E-state index contributed by atoms with van der Waals surface area (Å²) in [5.41, 5.74) is 3.37. The predicted octanol–water partition coefficient (Wildman–Crippen LogP) is 2.41. The Morgan fingerprint density at radius 3 is 2.81 bits per heavy atom. The summed E-state index contributed by atoms with van der Waals surface area (Å²) in [7, 11) is 1.63. The molecule has 1 aromatic carbocycles. The van der Waals surface area contributed by atoms with Crippen molar-refractivity contribution in [2.75, 3.05) is 7.11 Å². The number of methoxy groups -OCH3 is 1. The molecule has 2 heterocycles. The van der Waals surface area contributed by atoms with E-state index in [-0.39, 0.29) is 5.56 Å². The van der Waals surface area contributed by atoms with Crippen LogP contribution in [0.25, 0.3) is 16.9 Å². The van der Waals surface area contributed by atoms with Crippen molar-refractivity contribution < 1.29 is 14.6 Å². The Kier molecular flexibility index (Phi) is 3.06. The van der Waals surface area contributed by atoms with Gasteiger partial charge in [0, 0.05) is 24.0 Å². The van der Waals surface area contributed by atoms with Crippen molar-refractivity contribution >= 4 is 11.6 Å². The smallest absolute Gasteiger partial charge is 0.338 e. The van der Waals surface area contributed by atoms with Crippen molar-refractivity contribution in [3.8, 4) is 17.0 Å². The minimum absolute atomic E-state index is 0.100. The van der Waals surface area contributed by atoms with Gasteiger partial charge in [0.15, 0.2) is 5.65 Å². The summed E-state index contributed by atoms with van der Waals surface area (Å²) in [6.45, 7) is 1.96. The van der Waals surface area contributed by atoms with E-state index >= 15 is 0 Å². The lowest BCUT2D eigenvalue weighted by atomic mass is 10.1. The summed E-state index contributed by atoms with van der Waals surface area (Å²) >= 11 is 0. The number of hydrogen-bond donors (Lipinski definition) is 1. The third-order valence-corrected chi connectivity index (χ3v) is 3.25. The van der Waals surface area contributed by atoms with Gasteiger partial charge in [-0.2, -0.15) is 5.10 Å². The highest BCUT2D eigenvalue weighted by atomic mass is 16.5. The second-order valence-corrected chi connectivity index (χ2v) is 4.66. The number of aromatic nitrogens is 3. The third-order valence-electron chi connectivity index (χ3n) is 3.25. The van der Waals surface area contributed by atoms with E-state index in [9.17, 15) is 4.79 Å². The first-order chi connectivity index (χ1) is 10.1. The number of carboxylic acid groups (broad SMARTS) is 1. The molecule has 0 spiro atoms. The fourth-order valence-electron chi connectivity index (χ4n) is 2.17. The number of ether oxygens (including phenoxy) is 1. The zero-order valence-electron chi connectivity index (χ0n) is 11.6. The molecular formula is C15H13N3O3. The average molecular weight is 283 g/mol. The zero-order valence-corrected chi connectivity index (χ0v) is 11.6. The van der Waals surface area contributed by atoms with Gasteiger partial charge in [-0.15, -0.1) is 0 Å². The van der Waals surface area contributed by atoms with E-state index < -0.39 is 5.97 Å². The van der Waals surface area contributed by atoms with Gasteiger partial charge in [0.1, 0.15) is 5.75 Å². The van der Waals surface area contributed by atoms with Gasteiger partial charge in [-0.05, 0) is 30.7 Å². The molecule has 0 bridgehead atoms. The molecule has 6 nitrogen and oxygen atoms in total. The summed E-state index contributed by atoms with van der Waals surface area (Å²) in [5.74, 6) is -0.212. The number of hydrogen-bond acceptors (Lipinski definition) is 4. The highest BCUT2D eigenvalue weighted by Gasteiger charge is 2.10. The fourth-order valence-corrected chi connectivity index (χ4v) is 2.17. The summed E-state index contributed by atoms with van der Waals surface area (Å²) in [6, 6.07) is 7.57. The Bertz CT molecular complexity index is 839. The molecule has 0 aliphatic heterocycles. The maximum Gasteiger partial charge on any atom is 0.338 e. The minimum atomic E-state index is -1.03. The molecule has 0 aliphatic carbocycles. The van der Waals surface area contributed by atoms with Crippen molar-refractivity contribution in [1.29, 1.82) is 0 Å². The molecule has 0 atom stereocenters. The largest absolute Gasteiger partial charge is 0.496 e. The van der Waals surface area contributed by atoms with E-state index in [1.54, 1.807) is 7.11 Å². The van der Waals surface area contributed by atoms with E-state index in [1.807, 2.05) is 31.2 Å². The number of aromatic carboxylic acids is 1. The molecule has 0 aliphatic rings. The van der Waals surface area contributed by atoms with Crippen molar-refractivity contribution in [3.05, 3.63) is 47.8 Å². The molecule has 0 unspecified atom stereocenters. The van der Waals surface area contributed by atoms with Crippen LogP contribution in [0, 0.1) is 6.92 Å². The van der Waals surface area contributed by atoms with Gasteiger partial charge in [0.2, 0.25) is 0 Å². The van der Waals surface area contributed by atoms with E-state index in [0.29, 0.717) is 5.65 Å². The van der Waals surface area contributed by atoms with E-state index in [4.69, 9.17) is 9.84 Å². The summed E-state index contributed by atoms with van der Waals surface area (Å²) in [4.78, 5) is 15.0. The van der Waals surface area contributed by atoms with Gasteiger partial charge >= 0.3 is 5.97 Å². The van der Waals surface area contributed by atoms with E-state index in [1.165, 1.54) is 16.9 Å². The topological polar surface area (TPSA) is 76.7 Å². The van der Waals surface area contributed by atoms with Gasteiger partial charge in [0.25, 0.3) is 0 Å².